The number of ketones is 1. The van der Waals surface area contributed by atoms with Crippen LogP contribution in [0.4, 0.5) is 0 Å². The van der Waals surface area contributed by atoms with Crippen LogP contribution < -0.4 is 0 Å². The number of cyclic esters (lactones) is 1. The number of methoxy groups -OCH3 is 1. The van der Waals surface area contributed by atoms with Gasteiger partial charge in [0.25, 0.3) is 0 Å². The zero-order valence-electron chi connectivity index (χ0n) is 31.5. The molecule has 3 rings (SSSR count). The monoisotopic (exact) mass is 704 g/mol. The molecule has 0 radical (unpaired) electrons. The Hall–Kier alpha value is -1.26. The minimum absolute atomic E-state index is 0.100. The number of carbonyl (C=O) groups is 2. The summed E-state index contributed by atoms with van der Waals surface area (Å²) in [4.78, 5) is 27.7. The maximum absolute atomic E-state index is 14.0. The number of Topliss-reactive ketones (excluding diaryl/α,β-unsaturated/α-hetero) is 1. The summed E-state index contributed by atoms with van der Waals surface area (Å²) >= 11 is 0. The van der Waals surface area contributed by atoms with Crippen LogP contribution in [0.1, 0.15) is 102 Å². The Kier molecular flexibility index (Phi) is 13.9. The number of aliphatic hydroxyl groups excluding tert-OH is 3. The van der Waals surface area contributed by atoms with E-state index in [4.69, 9.17) is 28.4 Å². The van der Waals surface area contributed by atoms with Gasteiger partial charge in [-0.3, -0.25) is 9.59 Å². The lowest BCUT2D eigenvalue weighted by atomic mass is 9.74. The minimum Gasteiger partial charge on any atom is -0.459 e. The van der Waals surface area contributed by atoms with Crippen LogP contribution in [0, 0.1) is 29.6 Å². The van der Waals surface area contributed by atoms with Crippen LogP contribution in [-0.4, -0.2) is 123 Å². The summed E-state index contributed by atoms with van der Waals surface area (Å²) in [6, 6.07) is 0. The third kappa shape index (κ3) is 9.04. The molecule has 0 aromatic heterocycles. The largest absolute Gasteiger partial charge is 0.459 e. The van der Waals surface area contributed by atoms with Crippen molar-refractivity contribution in [3.8, 4) is 0 Å². The molecule has 0 aromatic rings. The number of esters is 1. The highest BCUT2D eigenvalue weighted by Crippen LogP contribution is 2.41. The van der Waals surface area contributed by atoms with Gasteiger partial charge in [0.1, 0.15) is 29.7 Å². The first-order chi connectivity index (χ1) is 22.5. The number of rotatable bonds is 6. The van der Waals surface area contributed by atoms with Crippen molar-refractivity contribution in [2.45, 2.75) is 180 Å². The Bertz CT molecular complexity index is 1110. The maximum atomic E-state index is 14.0. The Morgan fingerprint density at radius 2 is 1.47 bits per heavy atom. The number of hydrogen-bond donors (Lipinski definition) is 5. The molecule has 0 aliphatic carbocycles. The van der Waals surface area contributed by atoms with Gasteiger partial charge in [-0.2, -0.15) is 0 Å². The summed E-state index contributed by atoms with van der Waals surface area (Å²) in [5.41, 5.74) is -4.80. The molecule has 0 spiro atoms. The average molecular weight is 705 g/mol. The van der Waals surface area contributed by atoms with E-state index in [-0.39, 0.29) is 31.3 Å². The molecule has 0 bridgehead atoms. The van der Waals surface area contributed by atoms with Crippen molar-refractivity contribution in [2.75, 3.05) is 7.11 Å². The quantitative estimate of drug-likeness (QED) is 0.254. The SMILES string of the molecule is CC[C@H]1OC(=O)[C@H](C)[C@@H](OC2CC(C)(OC)C(O)C(C)O2)[C@H](C)[C@@H](OC2OC(C)CC(C)C2O)[C@](C)(O)C[C@@H](C)C(=O)[C@H](C)[C@@H](O)[C@]1(C)O. The van der Waals surface area contributed by atoms with Crippen molar-refractivity contribution < 1.29 is 63.5 Å². The second-order valence-electron chi connectivity index (χ2n) is 15.9. The standard InChI is InChI=1S/C36H64O13/c1-13-24-36(11,43)29(39)20(5)26(37)18(3)15-34(9,42)31(49-33-27(38)17(2)14-19(4)45-33)21(6)28(22(7)32(41)47-24)48-25-16-35(10,44-12)30(40)23(8)46-25/h17-25,27-31,33,38-40,42-43H,13-16H2,1-12H3/t17?,18-,19?,20+,21+,22-,23?,24-,25?,27?,28+,29-,30?,31-,33?,34-,35?,36-/m1/s1. The molecule has 18 atom stereocenters. The summed E-state index contributed by atoms with van der Waals surface area (Å²) in [6.45, 7) is 18.2. The first kappa shape index (κ1) is 42.2. The third-order valence-electron chi connectivity index (χ3n) is 11.5. The van der Waals surface area contributed by atoms with Crippen molar-refractivity contribution in [1.29, 1.82) is 0 Å². The minimum atomic E-state index is -1.99. The highest BCUT2D eigenvalue weighted by Gasteiger charge is 2.53. The van der Waals surface area contributed by atoms with Gasteiger partial charge in [-0.05, 0) is 66.7 Å². The Balaban J connectivity index is 2.17. The highest BCUT2D eigenvalue weighted by atomic mass is 16.7. The lowest BCUT2D eigenvalue weighted by Crippen LogP contribution is -2.60. The van der Waals surface area contributed by atoms with Crippen molar-refractivity contribution in [3.05, 3.63) is 0 Å². The zero-order chi connectivity index (χ0) is 37.4. The molecule has 0 aromatic carbocycles. The Labute approximate surface area is 291 Å². The van der Waals surface area contributed by atoms with Crippen LogP contribution in [-0.2, 0) is 38.0 Å². The molecule has 49 heavy (non-hydrogen) atoms. The van der Waals surface area contributed by atoms with Crippen LogP contribution in [0.25, 0.3) is 0 Å². The lowest BCUT2D eigenvalue weighted by Gasteiger charge is -2.48. The van der Waals surface area contributed by atoms with Crippen LogP contribution in [0.5, 0.6) is 0 Å². The van der Waals surface area contributed by atoms with Crippen molar-refractivity contribution in [1.82, 2.24) is 0 Å². The molecule has 3 saturated heterocycles. The van der Waals surface area contributed by atoms with Gasteiger partial charge in [0.2, 0.25) is 0 Å². The fourth-order valence-electron chi connectivity index (χ4n) is 8.16. The van der Waals surface area contributed by atoms with Gasteiger partial charge in [0.05, 0.1) is 47.6 Å². The molecule has 5 N–H and O–H groups in total. The molecule has 13 heteroatoms. The van der Waals surface area contributed by atoms with Gasteiger partial charge in [-0.15, -0.1) is 0 Å². The van der Waals surface area contributed by atoms with Gasteiger partial charge in [-0.1, -0.05) is 34.6 Å². The van der Waals surface area contributed by atoms with Gasteiger partial charge in [0, 0.05) is 31.3 Å². The first-order valence-corrected chi connectivity index (χ1v) is 17.9. The first-order valence-electron chi connectivity index (χ1n) is 17.9. The average Bonchev–Trinajstić information content (AvgIpc) is 3.02. The zero-order valence-corrected chi connectivity index (χ0v) is 31.5. The summed E-state index contributed by atoms with van der Waals surface area (Å²) < 4.78 is 36.8. The van der Waals surface area contributed by atoms with Gasteiger partial charge < -0.3 is 54.0 Å². The number of hydrogen-bond acceptors (Lipinski definition) is 13. The molecular formula is C36H64O13. The molecule has 3 fully saturated rings. The highest BCUT2D eigenvalue weighted by molar-refractivity contribution is 5.83. The number of carbonyl (C=O) groups excluding carboxylic acids is 2. The lowest BCUT2D eigenvalue weighted by molar-refractivity contribution is -0.317. The third-order valence-corrected chi connectivity index (χ3v) is 11.5. The van der Waals surface area contributed by atoms with E-state index in [1.807, 2.05) is 13.8 Å². The number of aliphatic hydroxyl groups is 5. The predicted octanol–water partition coefficient (Wildman–Crippen LogP) is 2.49. The van der Waals surface area contributed by atoms with Crippen molar-refractivity contribution >= 4 is 11.8 Å². The van der Waals surface area contributed by atoms with Crippen molar-refractivity contribution in [2.24, 2.45) is 29.6 Å². The van der Waals surface area contributed by atoms with Crippen LogP contribution in [0.15, 0.2) is 0 Å². The molecule has 0 saturated carbocycles. The summed E-state index contributed by atoms with van der Waals surface area (Å²) in [5, 5.41) is 57.1. The second-order valence-corrected chi connectivity index (χ2v) is 15.9. The van der Waals surface area contributed by atoms with Crippen molar-refractivity contribution in [3.63, 3.8) is 0 Å². The van der Waals surface area contributed by atoms with Crippen LogP contribution in [0.3, 0.4) is 0 Å². The summed E-state index contributed by atoms with van der Waals surface area (Å²) in [7, 11) is 1.48. The normalized spacial score (nSPS) is 51.2. The van der Waals surface area contributed by atoms with Gasteiger partial charge in [-0.25, -0.2) is 0 Å². The fourth-order valence-corrected chi connectivity index (χ4v) is 8.16. The van der Waals surface area contributed by atoms with E-state index >= 15 is 0 Å². The molecule has 13 nitrogen and oxygen atoms in total. The molecule has 3 heterocycles. The Morgan fingerprint density at radius 1 is 0.857 bits per heavy atom. The van der Waals surface area contributed by atoms with E-state index in [9.17, 15) is 35.1 Å². The predicted molar refractivity (Wildman–Crippen MR) is 178 cm³/mol. The molecule has 286 valence electrons. The Morgan fingerprint density at radius 3 is 2.04 bits per heavy atom. The van der Waals surface area contributed by atoms with E-state index in [2.05, 4.69) is 0 Å². The van der Waals surface area contributed by atoms with Gasteiger partial charge in [0.15, 0.2) is 12.6 Å². The molecule has 0 amide bonds. The van der Waals surface area contributed by atoms with E-state index in [1.54, 1.807) is 41.5 Å². The van der Waals surface area contributed by atoms with E-state index < -0.39 is 108 Å². The van der Waals surface area contributed by atoms with E-state index in [1.165, 1.54) is 27.9 Å². The van der Waals surface area contributed by atoms with Crippen LogP contribution >= 0.6 is 0 Å². The van der Waals surface area contributed by atoms with E-state index in [0.29, 0.717) is 6.42 Å². The fraction of sp³-hybridized carbons (Fsp3) is 0.944. The summed E-state index contributed by atoms with van der Waals surface area (Å²) in [6.07, 6.45) is -9.35. The number of ether oxygens (including phenoxy) is 6. The molecular weight excluding hydrogens is 640 g/mol. The molecule has 3 aliphatic heterocycles. The summed E-state index contributed by atoms with van der Waals surface area (Å²) in [5.74, 6) is -5.08. The van der Waals surface area contributed by atoms with E-state index in [0.717, 1.165) is 0 Å². The topological polar surface area (TPSA) is 191 Å². The second kappa shape index (κ2) is 16.2. The molecule has 8 unspecified atom stereocenters. The smallest absolute Gasteiger partial charge is 0.311 e. The van der Waals surface area contributed by atoms with Crippen LogP contribution in [0.2, 0.25) is 0 Å². The molecule has 3 aliphatic rings. The van der Waals surface area contributed by atoms with Gasteiger partial charge >= 0.3 is 5.97 Å². The maximum Gasteiger partial charge on any atom is 0.311 e.